The Morgan fingerprint density at radius 1 is 1.03 bits per heavy atom. The fraction of sp³-hybridized carbons (Fsp3) is 0.182. The molecular formula is C22H22N4O4S. The van der Waals surface area contributed by atoms with Crippen LogP contribution in [0, 0.1) is 13.8 Å². The molecule has 0 saturated carbocycles. The summed E-state index contributed by atoms with van der Waals surface area (Å²) >= 11 is 0. The molecule has 4 aromatic rings. The summed E-state index contributed by atoms with van der Waals surface area (Å²) in [5, 5.41) is 7.93. The summed E-state index contributed by atoms with van der Waals surface area (Å²) in [5.74, 6) is 1.42. The van der Waals surface area contributed by atoms with Crippen molar-refractivity contribution in [2.45, 2.75) is 25.7 Å². The molecule has 2 N–H and O–H groups in total. The Hall–Kier alpha value is -3.59. The molecule has 0 amide bonds. The minimum atomic E-state index is -3.77. The van der Waals surface area contributed by atoms with Crippen LogP contribution in [-0.2, 0) is 10.0 Å². The van der Waals surface area contributed by atoms with Crippen molar-refractivity contribution in [2.24, 2.45) is 0 Å². The monoisotopic (exact) mass is 438 g/mol. The van der Waals surface area contributed by atoms with Gasteiger partial charge >= 0.3 is 0 Å². The predicted molar refractivity (Wildman–Crippen MR) is 119 cm³/mol. The molecular weight excluding hydrogens is 416 g/mol. The first-order valence-electron chi connectivity index (χ1n) is 9.71. The van der Waals surface area contributed by atoms with E-state index < -0.39 is 10.0 Å². The Morgan fingerprint density at radius 3 is 2.48 bits per heavy atom. The van der Waals surface area contributed by atoms with Crippen LogP contribution in [0.15, 0.2) is 64.0 Å². The molecule has 160 valence electrons. The van der Waals surface area contributed by atoms with E-state index in [0.717, 1.165) is 33.7 Å². The SMILES string of the molecule is CCOc1ccc2nc(C)cc(Nc3ccc(S(=O)(=O)Nc4cc(C)on4)cc3)c2c1. The number of hydrogen-bond acceptors (Lipinski definition) is 7. The molecule has 0 spiro atoms. The molecule has 2 heterocycles. The van der Waals surface area contributed by atoms with Gasteiger partial charge in [0.2, 0.25) is 0 Å². The lowest BCUT2D eigenvalue weighted by molar-refractivity contribution is 0.340. The van der Waals surface area contributed by atoms with Gasteiger partial charge in [-0.05, 0) is 69.3 Å². The zero-order valence-electron chi connectivity index (χ0n) is 17.3. The number of aromatic nitrogens is 2. The lowest BCUT2D eigenvalue weighted by Gasteiger charge is -2.13. The maximum atomic E-state index is 12.6. The van der Waals surface area contributed by atoms with E-state index in [1.54, 1.807) is 19.1 Å². The van der Waals surface area contributed by atoms with Gasteiger partial charge in [-0.15, -0.1) is 0 Å². The van der Waals surface area contributed by atoms with Gasteiger partial charge < -0.3 is 14.6 Å². The Bertz CT molecular complexity index is 1330. The highest BCUT2D eigenvalue weighted by atomic mass is 32.2. The van der Waals surface area contributed by atoms with E-state index in [0.29, 0.717) is 12.4 Å². The van der Waals surface area contributed by atoms with Gasteiger partial charge in [-0.2, -0.15) is 0 Å². The smallest absolute Gasteiger partial charge is 0.263 e. The highest BCUT2D eigenvalue weighted by molar-refractivity contribution is 7.92. The standard InChI is InChI=1S/C22H22N4O4S/c1-4-29-17-7-10-20-19(13-17)21(11-14(2)23-20)24-16-5-8-18(9-6-16)31(27,28)26-22-12-15(3)30-25-22/h5-13H,4H2,1-3H3,(H,23,24)(H,25,26). The Balaban J connectivity index is 1.60. The first-order valence-corrected chi connectivity index (χ1v) is 11.2. The fourth-order valence-electron chi connectivity index (χ4n) is 3.18. The molecule has 9 heteroatoms. The van der Waals surface area contributed by atoms with Crippen molar-refractivity contribution in [2.75, 3.05) is 16.6 Å². The molecule has 0 aliphatic carbocycles. The molecule has 0 fully saturated rings. The third kappa shape index (κ3) is 4.61. The van der Waals surface area contributed by atoms with Crippen LogP contribution < -0.4 is 14.8 Å². The second-order valence-electron chi connectivity index (χ2n) is 7.00. The number of hydrogen-bond donors (Lipinski definition) is 2. The largest absolute Gasteiger partial charge is 0.494 e. The molecule has 0 aliphatic heterocycles. The summed E-state index contributed by atoms with van der Waals surface area (Å²) in [6.45, 7) is 6.12. The summed E-state index contributed by atoms with van der Waals surface area (Å²) in [5.41, 5.74) is 3.31. The van der Waals surface area contributed by atoms with Gasteiger partial charge in [-0.25, -0.2) is 8.42 Å². The van der Waals surface area contributed by atoms with E-state index in [2.05, 4.69) is 20.2 Å². The van der Waals surface area contributed by atoms with E-state index in [4.69, 9.17) is 9.26 Å². The average molecular weight is 439 g/mol. The van der Waals surface area contributed by atoms with Crippen LogP contribution >= 0.6 is 0 Å². The summed E-state index contributed by atoms with van der Waals surface area (Å²) in [6.07, 6.45) is 0. The predicted octanol–water partition coefficient (Wildman–Crippen LogP) is 4.78. The molecule has 0 saturated heterocycles. The van der Waals surface area contributed by atoms with Gasteiger partial charge in [0.25, 0.3) is 10.0 Å². The number of ether oxygens (including phenoxy) is 1. The van der Waals surface area contributed by atoms with Crippen LogP contribution in [0.25, 0.3) is 10.9 Å². The summed E-state index contributed by atoms with van der Waals surface area (Å²) in [7, 11) is -3.77. The summed E-state index contributed by atoms with van der Waals surface area (Å²) in [4.78, 5) is 4.69. The van der Waals surface area contributed by atoms with Crippen molar-refractivity contribution < 1.29 is 17.7 Å². The van der Waals surface area contributed by atoms with Gasteiger partial charge in [0.1, 0.15) is 11.5 Å². The van der Waals surface area contributed by atoms with E-state index in [-0.39, 0.29) is 10.7 Å². The van der Waals surface area contributed by atoms with Gasteiger partial charge in [0.05, 0.1) is 17.0 Å². The lowest BCUT2D eigenvalue weighted by atomic mass is 10.1. The van der Waals surface area contributed by atoms with Crippen LogP contribution in [0.5, 0.6) is 5.75 Å². The molecule has 2 aromatic heterocycles. The lowest BCUT2D eigenvalue weighted by Crippen LogP contribution is -2.13. The van der Waals surface area contributed by atoms with E-state index >= 15 is 0 Å². The minimum absolute atomic E-state index is 0.119. The molecule has 0 unspecified atom stereocenters. The number of benzene rings is 2. The van der Waals surface area contributed by atoms with Crippen LogP contribution in [0.2, 0.25) is 0 Å². The van der Waals surface area contributed by atoms with Gasteiger partial charge in [0.15, 0.2) is 5.82 Å². The minimum Gasteiger partial charge on any atom is -0.494 e. The van der Waals surface area contributed by atoms with Gasteiger partial charge in [-0.1, -0.05) is 5.16 Å². The molecule has 2 aromatic carbocycles. The number of anilines is 3. The maximum Gasteiger partial charge on any atom is 0.263 e. The molecule has 0 aliphatic rings. The normalized spacial score (nSPS) is 11.5. The van der Waals surface area contributed by atoms with Gasteiger partial charge in [-0.3, -0.25) is 9.71 Å². The van der Waals surface area contributed by atoms with Crippen LogP contribution in [0.3, 0.4) is 0 Å². The second kappa shape index (κ2) is 8.27. The zero-order valence-corrected chi connectivity index (χ0v) is 18.2. The van der Waals surface area contributed by atoms with E-state index in [1.807, 2.05) is 38.1 Å². The van der Waals surface area contributed by atoms with Gasteiger partial charge in [0, 0.05) is 28.5 Å². The second-order valence-corrected chi connectivity index (χ2v) is 8.68. The Morgan fingerprint density at radius 2 is 1.81 bits per heavy atom. The molecule has 0 radical (unpaired) electrons. The highest BCUT2D eigenvalue weighted by Crippen LogP contribution is 2.30. The molecule has 4 rings (SSSR count). The van der Waals surface area contributed by atoms with Crippen molar-refractivity contribution in [3.05, 3.63) is 66.1 Å². The number of nitrogens with zero attached hydrogens (tertiary/aromatic N) is 2. The molecule has 0 bridgehead atoms. The Kier molecular flexibility index (Phi) is 5.51. The van der Waals surface area contributed by atoms with E-state index in [9.17, 15) is 8.42 Å². The van der Waals surface area contributed by atoms with Crippen molar-refractivity contribution in [1.82, 2.24) is 10.1 Å². The van der Waals surface area contributed by atoms with Crippen molar-refractivity contribution >= 4 is 38.1 Å². The number of sulfonamides is 1. The topological polar surface area (TPSA) is 106 Å². The molecule has 8 nitrogen and oxygen atoms in total. The van der Waals surface area contributed by atoms with Crippen molar-refractivity contribution in [3.63, 3.8) is 0 Å². The van der Waals surface area contributed by atoms with Crippen LogP contribution in [-0.4, -0.2) is 25.2 Å². The fourth-order valence-corrected chi connectivity index (χ4v) is 4.16. The summed E-state index contributed by atoms with van der Waals surface area (Å²) < 4.78 is 38.0. The third-order valence-electron chi connectivity index (χ3n) is 4.53. The molecule has 31 heavy (non-hydrogen) atoms. The third-order valence-corrected chi connectivity index (χ3v) is 5.90. The average Bonchev–Trinajstić information content (AvgIpc) is 3.13. The van der Waals surface area contributed by atoms with Crippen molar-refractivity contribution in [3.8, 4) is 5.75 Å². The summed E-state index contributed by atoms with van der Waals surface area (Å²) in [6, 6.07) is 15.7. The number of nitrogens with one attached hydrogen (secondary N) is 2. The number of aryl methyl sites for hydroxylation is 2. The Labute approximate surface area is 180 Å². The number of rotatable bonds is 7. The number of fused-ring (bicyclic) bond motifs is 1. The maximum absolute atomic E-state index is 12.6. The van der Waals surface area contributed by atoms with Crippen molar-refractivity contribution in [1.29, 1.82) is 0 Å². The van der Waals surface area contributed by atoms with E-state index in [1.165, 1.54) is 18.2 Å². The van der Waals surface area contributed by atoms with Crippen LogP contribution in [0.1, 0.15) is 18.4 Å². The first kappa shape index (κ1) is 20.7. The molecule has 0 atom stereocenters. The highest BCUT2D eigenvalue weighted by Gasteiger charge is 2.16. The zero-order chi connectivity index (χ0) is 22.0. The van der Waals surface area contributed by atoms with Crippen LogP contribution in [0.4, 0.5) is 17.2 Å². The quantitative estimate of drug-likeness (QED) is 0.427. The first-order chi connectivity index (χ1) is 14.8. The number of pyridine rings is 1.